The van der Waals surface area contributed by atoms with E-state index in [1.165, 1.54) is 11.0 Å². The van der Waals surface area contributed by atoms with E-state index in [1.54, 1.807) is 6.07 Å². The van der Waals surface area contributed by atoms with E-state index in [4.69, 9.17) is 0 Å². The summed E-state index contributed by atoms with van der Waals surface area (Å²) in [6.45, 7) is 6.21. The minimum Gasteiger partial charge on any atom is -0.391 e. The second-order valence-electron chi connectivity index (χ2n) is 7.00. The van der Waals surface area contributed by atoms with E-state index in [-0.39, 0.29) is 24.8 Å². The molecule has 1 amide bonds. The van der Waals surface area contributed by atoms with Crippen molar-refractivity contribution in [3.63, 3.8) is 0 Å². The maximum absolute atomic E-state index is 12.9. The highest BCUT2D eigenvalue weighted by Gasteiger charge is 2.37. The lowest BCUT2D eigenvalue weighted by molar-refractivity contribution is -0.137. The molecule has 0 aliphatic carbocycles. The number of benzene rings is 1. The molecule has 3 atom stereocenters. The Bertz CT molecular complexity index is 586. The Labute approximate surface area is 140 Å². The minimum absolute atomic E-state index is 0.116. The van der Waals surface area contributed by atoms with Crippen molar-refractivity contribution in [2.45, 2.75) is 51.9 Å². The van der Waals surface area contributed by atoms with Gasteiger partial charge in [0.15, 0.2) is 0 Å². The first kappa shape index (κ1) is 18.8. The smallest absolute Gasteiger partial charge is 0.391 e. The van der Waals surface area contributed by atoms with Crippen LogP contribution in [0.3, 0.4) is 0 Å². The zero-order valence-electron chi connectivity index (χ0n) is 14.2. The molecule has 1 aromatic carbocycles. The number of halogens is 3. The van der Waals surface area contributed by atoms with E-state index in [1.807, 2.05) is 20.8 Å². The van der Waals surface area contributed by atoms with Crippen LogP contribution in [0.15, 0.2) is 24.3 Å². The lowest BCUT2D eigenvalue weighted by atomic mass is 9.93. The average Bonchev–Trinajstić information content (AvgIpc) is 2.88. The topological polar surface area (TPSA) is 40.5 Å². The van der Waals surface area contributed by atoms with E-state index in [2.05, 4.69) is 0 Å². The summed E-state index contributed by atoms with van der Waals surface area (Å²) in [4.78, 5) is 14.1. The molecular weight excluding hydrogens is 319 g/mol. The predicted molar refractivity (Wildman–Crippen MR) is 85.1 cm³/mol. The monoisotopic (exact) mass is 343 g/mol. The Kier molecular flexibility index (Phi) is 5.58. The molecule has 1 aliphatic rings. The number of likely N-dealkylation sites (tertiary alicyclic amines) is 1. The van der Waals surface area contributed by atoms with E-state index in [0.29, 0.717) is 17.9 Å². The van der Waals surface area contributed by atoms with Gasteiger partial charge in [0.1, 0.15) is 0 Å². The first-order valence-electron chi connectivity index (χ1n) is 8.24. The van der Waals surface area contributed by atoms with Gasteiger partial charge in [0.25, 0.3) is 0 Å². The summed E-state index contributed by atoms with van der Waals surface area (Å²) in [7, 11) is 0. The molecule has 1 heterocycles. The van der Waals surface area contributed by atoms with Crippen LogP contribution in [0.25, 0.3) is 0 Å². The summed E-state index contributed by atoms with van der Waals surface area (Å²) < 4.78 is 38.8. The van der Waals surface area contributed by atoms with Crippen LogP contribution in [-0.2, 0) is 11.0 Å². The van der Waals surface area contributed by atoms with E-state index >= 15 is 0 Å². The van der Waals surface area contributed by atoms with Gasteiger partial charge in [-0.2, -0.15) is 13.2 Å². The van der Waals surface area contributed by atoms with Gasteiger partial charge in [-0.15, -0.1) is 0 Å². The fraction of sp³-hybridized carbons (Fsp3) is 0.611. The van der Waals surface area contributed by atoms with Crippen molar-refractivity contribution < 1.29 is 23.1 Å². The predicted octanol–water partition coefficient (Wildman–Crippen LogP) is 4.02. The van der Waals surface area contributed by atoms with Gasteiger partial charge in [-0.3, -0.25) is 4.79 Å². The number of rotatable bonds is 4. The molecule has 3 unspecified atom stereocenters. The number of carbonyl (C=O) groups excluding carboxylic acids is 1. The Balaban J connectivity index is 2.23. The maximum atomic E-state index is 12.9. The van der Waals surface area contributed by atoms with Crippen molar-refractivity contribution in [2.75, 3.05) is 6.54 Å². The third kappa shape index (κ3) is 4.29. The molecule has 0 saturated carbocycles. The number of amides is 1. The number of nitrogens with zero attached hydrogens (tertiary/aromatic N) is 1. The number of hydrogen-bond acceptors (Lipinski definition) is 2. The van der Waals surface area contributed by atoms with Gasteiger partial charge in [0, 0.05) is 13.0 Å². The van der Waals surface area contributed by atoms with Gasteiger partial charge >= 0.3 is 6.18 Å². The van der Waals surface area contributed by atoms with Gasteiger partial charge in [0.05, 0.1) is 17.7 Å². The average molecular weight is 343 g/mol. The molecule has 0 radical (unpaired) electrons. The lowest BCUT2D eigenvalue weighted by Crippen LogP contribution is -2.33. The van der Waals surface area contributed by atoms with E-state index in [9.17, 15) is 23.1 Å². The fourth-order valence-corrected chi connectivity index (χ4v) is 2.96. The van der Waals surface area contributed by atoms with Crippen LogP contribution in [-0.4, -0.2) is 28.6 Å². The van der Waals surface area contributed by atoms with Crippen LogP contribution in [0.2, 0.25) is 0 Å². The third-order valence-corrected chi connectivity index (χ3v) is 4.83. The number of aliphatic hydroxyl groups excluding tert-OH is 1. The van der Waals surface area contributed by atoms with Crippen molar-refractivity contribution in [1.29, 1.82) is 0 Å². The van der Waals surface area contributed by atoms with Gasteiger partial charge in [-0.25, -0.2) is 0 Å². The van der Waals surface area contributed by atoms with Gasteiger partial charge in [-0.1, -0.05) is 32.9 Å². The molecule has 0 spiro atoms. The number of hydrogen-bond donors (Lipinski definition) is 1. The zero-order valence-corrected chi connectivity index (χ0v) is 14.2. The van der Waals surface area contributed by atoms with E-state index < -0.39 is 23.9 Å². The molecule has 0 aromatic heterocycles. The molecule has 134 valence electrons. The highest BCUT2D eigenvalue weighted by molar-refractivity contribution is 5.77. The Morgan fingerprint density at radius 1 is 1.33 bits per heavy atom. The molecule has 1 N–H and O–H groups in total. The SMILES string of the molecule is CC(C)C(C)CC(=O)N1CC(O)CC1c1cccc(C(F)(F)F)c1. The van der Waals surface area contributed by atoms with Crippen molar-refractivity contribution in [3.05, 3.63) is 35.4 Å². The molecule has 1 saturated heterocycles. The summed E-state index contributed by atoms with van der Waals surface area (Å²) in [6, 6.07) is 4.53. The second-order valence-corrected chi connectivity index (χ2v) is 7.00. The molecule has 1 aromatic rings. The summed E-state index contributed by atoms with van der Waals surface area (Å²) in [5, 5.41) is 9.94. The molecule has 6 heteroatoms. The second kappa shape index (κ2) is 7.13. The molecule has 0 bridgehead atoms. The number of alkyl halides is 3. The quantitative estimate of drug-likeness (QED) is 0.897. The minimum atomic E-state index is -4.42. The molecule has 2 rings (SSSR count). The summed E-state index contributed by atoms with van der Waals surface area (Å²) in [6.07, 6.45) is -4.53. The summed E-state index contributed by atoms with van der Waals surface area (Å²) in [5.41, 5.74) is -0.309. The van der Waals surface area contributed by atoms with Gasteiger partial charge in [-0.05, 0) is 36.0 Å². The van der Waals surface area contributed by atoms with Crippen LogP contribution >= 0.6 is 0 Å². The Morgan fingerprint density at radius 2 is 2.00 bits per heavy atom. The van der Waals surface area contributed by atoms with Crippen molar-refractivity contribution >= 4 is 5.91 Å². The highest BCUT2D eigenvalue weighted by Crippen LogP contribution is 2.36. The normalized spacial score (nSPS) is 22.9. The first-order valence-corrected chi connectivity index (χ1v) is 8.24. The van der Waals surface area contributed by atoms with Crippen LogP contribution in [0.5, 0.6) is 0 Å². The third-order valence-electron chi connectivity index (χ3n) is 4.83. The molecule has 1 fully saturated rings. The van der Waals surface area contributed by atoms with E-state index in [0.717, 1.165) is 12.1 Å². The van der Waals surface area contributed by atoms with Crippen LogP contribution < -0.4 is 0 Å². The summed E-state index contributed by atoms with van der Waals surface area (Å²) >= 11 is 0. The molecule has 1 aliphatic heterocycles. The first-order chi connectivity index (χ1) is 11.1. The summed E-state index contributed by atoms with van der Waals surface area (Å²) in [5.74, 6) is 0.404. The highest BCUT2D eigenvalue weighted by atomic mass is 19.4. The zero-order chi connectivity index (χ0) is 18.1. The number of carbonyl (C=O) groups is 1. The van der Waals surface area contributed by atoms with Crippen molar-refractivity contribution in [3.8, 4) is 0 Å². The van der Waals surface area contributed by atoms with Gasteiger partial charge < -0.3 is 10.0 Å². The lowest BCUT2D eigenvalue weighted by Gasteiger charge is -2.27. The Morgan fingerprint density at radius 3 is 2.58 bits per heavy atom. The van der Waals surface area contributed by atoms with Crippen LogP contribution in [0.4, 0.5) is 13.2 Å². The van der Waals surface area contributed by atoms with Crippen LogP contribution in [0.1, 0.15) is 50.8 Å². The van der Waals surface area contributed by atoms with Crippen molar-refractivity contribution in [1.82, 2.24) is 4.90 Å². The number of β-amino-alcohol motifs (C(OH)–C–C–N with tert-alkyl or cyclic N) is 1. The maximum Gasteiger partial charge on any atom is 0.416 e. The molecular formula is C18H24F3NO2. The van der Waals surface area contributed by atoms with Gasteiger partial charge in [0.2, 0.25) is 5.91 Å². The Hall–Kier alpha value is -1.56. The standard InChI is InChI=1S/C18H24F3NO2/c1-11(2)12(3)7-17(24)22-10-15(23)9-16(22)13-5-4-6-14(8-13)18(19,20)21/h4-6,8,11-12,15-16,23H,7,9-10H2,1-3H3. The largest absolute Gasteiger partial charge is 0.416 e. The number of aliphatic hydroxyl groups is 1. The molecule has 24 heavy (non-hydrogen) atoms. The fourth-order valence-electron chi connectivity index (χ4n) is 2.96. The van der Waals surface area contributed by atoms with Crippen molar-refractivity contribution in [2.24, 2.45) is 11.8 Å². The molecule has 3 nitrogen and oxygen atoms in total. The van der Waals surface area contributed by atoms with Crippen LogP contribution in [0, 0.1) is 11.8 Å².